The van der Waals surface area contributed by atoms with E-state index in [1.807, 2.05) is 0 Å². The van der Waals surface area contributed by atoms with Gasteiger partial charge in [0.25, 0.3) is 0 Å². The van der Waals surface area contributed by atoms with Crippen LogP contribution in [-0.2, 0) is 9.59 Å². The smallest absolute Gasteiger partial charge is 0.303 e. The minimum atomic E-state index is -0.685. The van der Waals surface area contributed by atoms with Crippen molar-refractivity contribution in [2.75, 3.05) is 5.75 Å². The fourth-order valence-corrected chi connectivity index (χ4v) is 2.93. The predicted molar refractivity (Wildman–Crippen MR) is 99.1 cm³/mol. The maximum Gasteiger partial charge on any atom is 0.303 e. The summed E-state index contributed by atoms with van der Waals surface area (Å²) in [5.41, 5.74) is 5.75. The average molecular weight is 346 g/mol. The number of unbranched alkanes of at least 4 members (excludes halogenated alkanes) is 10. The lowest BCUT2D eigenvalue weighted by Crippen LogP contribution is -2.30. The Balaban J connectivity index is 3.19. The molecule has 0 aromatic rings. The van der Waals surface area contributed by atoms with Crippen molar-refractivity contribution < 1.29 is 14.7 Å². The maximum absolute atomic E-state index is 11.7. The quantitative estimate of drug-likeness (QED) is 0.270. The van der Waals surface area contributed by atoms with Crippen LogP contribution >= 0.6 is 12.6 Å². The zero-order valence-corrected chi connectivity index (χ0v) is 15.4. The summed E-state index contributed by atoms with van der Waals surface area (Å²) in [7, 11) is 0. The number of rotatable bonds is 17. The van der Waals surface area contributed by atoms with Gasteiger partial charge in [-0.05, 0) is 25.0 Å². The third-order valence-electron chi connectivity index (χ3n) is 4.17. The number of thiol groups is 1. The fraction of sp³-hybridized carbons (Fsp3) is 0.889. The van der Waals surface area contributed by atoms with E-state index in [-0.39, 0.29) is 11.8 Å². The van der Waals surface area contributed by atoms with Crippen LogP contribution < -0.4 is 5.73 Å². The van der Waals surface area contributed by atoms with E-state index in [0.717, 1.165) is 32.1 Å². The van der Waals surface area contributed by atoms with Crippen LogP contribution in [0.4, 0.5) is 0 Å². The van der Waals surface area contributed by atoms with E-state index in [1.165, 1.54) is 38.5 Å². The predicted octanol–water partition coefficient (Wildman–Crippen LogP) is 4.36. The first-order chi connectivity index (χ1) is 11.1. The SMILES string of the molecule is NC(CCS)C(=O)CCCCCCCCCCCCCC(=O)O. The Labute approximate surface area is 147 Å². The van der Waals surface area contributed by atoms with Gasteiger partial charge < -0.3 is 10.8 Å². The summed E-state index contributed by atoms with van der Waals surface area (Å²) in [6.07, 6.45) is 14.1. The Morgan fingerprint density at radius 3 is 1.57 bits per heavy atom. The van der Waals surface area contributed by atoms with Gasteiger partial charge in [-0.25, -0.2) is 0 Å². The van der Waals surface area contributed by atoms with Crippen molar-refractivity contribution in [2.45, 2.75) is 95.9 Å². The highest BCUT2D eigenvalue weighted by atomic mass is 32.1. The highest BCUT2D eigenvalue weighted by Gasteiger charge is 2.11. The van der Waals surface area contributed by atoms with E-state index in [4.69, 9.17) is 10.8 Å². The molecular weight excluding hydrogens is 310 g/mol. The lowest BCUT2D eigenvalue weighted by Gasteiger charge is -2.08. The molecular formula is C18H35NO3S. The van der Waals surface area contributed by atoms with Crippen LogP contribution in [0.5, 0.6) is 0 Å². The molecule has 0 heterocycles. The molecule has 0 aliphatic rings. The zero-order chi connectivity index (χ0) is 17.3. The molecule has 0 radical (unpaired) electrons. The summed E-state index contributed by atoms with van der Waals surface area (Å²) in [6.45, 7) is 0. The Hall–Kier alpha value is -0.550. The van der Waals surface area contributed by atoms with Crippen LogP contribution in [0.25, 0.3) is 0 Å². The molecule has 0 aromatic carbocycles. The summed E-state index contributed by atoms with van der Waals surface area (Å²) >= 11 is 4.10. The van der Waals surface area contributed by atoms with Gasteiger partial charge in [0, 0.05) is 12.8 Å². The van der Waals surface area contributed by atoms with Crippen molar-refractivity contribution >= 4 is 24.4 Å². The number of hydrogen-bond acceptors (Lipinski definition) is 4. The standard InChI is InChI=1S/C18H35NO3S/c19-16(14-15-23)17(20)12-10-8-6-4-2-1-3-5-7-9-11-13-18(21)22/h16,23H,1-15,19H2,(H,21,22). The van der Waals surface area contributed by atoms with Crippen LogP contribution in [0.15, 0.2) is 0 Å². The lowest BCUT2D eigenvalue weighted by molar-refractivity contribution is -0.137. The van der Waals surface area contributed by atoms with E-state index in [0.29, 0.717) is 25.0 Å². The molecule has 5 heteroatoms. The molecule has 0 aromatic heterocycles. The molecule has 1 atom stereocenters. The Morgan fingerprint density at radius 1 is 0.783 bits per heavy atom. The van der Waals surface area contributed by atoms with E-state index in [1.54, 1.807) is 0 Å². The molecule has 0 aliphatic carbocycles. The monoisotopic (exact) mass is 345 g/mol. The van der Waals surface area contributed by atoms with Gasteiger partial charge in [0.15, 0.2) is 0 Å². The normalized spacial score (nSPS) is 12.3. The number of Topliss-reactive ketones (excluding diaryl/α,β-unsaturated/α-hetero) is 1. The summed E-state index contributed by atoms with van der Waals surface area (Å²) in [5, 5.41) is 8.53. The van der Waals surface area contributed by atoms with Crippen molar-refractivity contribution in [3.63, 3.8) is 0 Å². The Bertz CT molecular complexity index is 311. The van der Waals surface area contributed by atoms with Crippen molar-refractivity contribution in [1.82, 2.24) is 0 Å². The minimum absolute atomic E-state index is 0.182. The summed E-state index contributed by atoms with van der Waals surface area (Å²) in [4.78, 5) is 22.0. The van der Waals surface area contributed by atoms with Gasteiger partial charge in [-0.1, -0.05) is 57.8 Å². The number of carbonyl (C=O) groups is 2. The molecule has 0 bridgehead atoms. The van der Waals surface area contributed by atoms with E-state index < -0.39 is 5.97 Å². The molecule has 0 aliphatic heterocycles. The van der Waals surface area contributed by atoms with Gasteiger partial charge >= 0.3 is 5.97 Å². The molecule has 0 saturated carbocycles. The zero-order valence-electron chi connectivity index (χ0n) is 14.5. The van der Waals surface area contributed by atoms with Gasteiger partial charge in [0.05, 0.1) is 6.04 Å². The molecule has 0 saturated heterocycles. The van der Waals surface area contributed by atoms with Crippen molar-refractivity contribution in [1.29, 1.82) is 0 Å². The van der Waals surface area contributed by atoms with E-state index in [2.05, 4.69) is 12.6 Å². The van der Waals surface area contributed by atoms with Crippen LogP contribution in [-0.4, -0.2) is 28.7 Å². The van der Waals surface area contributed by atoms with E-state index in [9.17, 15) is 9.59 Å². The second-order valence-corrected chi connectivity index (χ2v) is 6.82. The van der Waals surface area contributed by atoms with Crippen LogP contribution in [0, 0.1) is 0 Å². The number of carbonyl (C=O) groups excluding carboxylic acids is 1. The molecule has 0 spiro atoms. The van der Waals surface area contributed by atoms with Gasteiger partial charge in [-0.15, -0.1) is 0 Å². The maximum atomic E-state index is 11.7. The first kappa shape index (κ1) is 22.4. The van der Waals surface area contributed by atoms with E-state index >= 15 is 0 Å². The van der Waals surface area contributed by atoms with Gasteiger partial charge in [-0.2, -0.15) is 12.6 Å². The fourth-order valence-electron chi connectivity index (χ4n) is 2.65. The first-order valence-corrected chi connectivity index (χ1v) is 9.82. The van der Waals surface area contributed by atoms with Crippen LogP contribution in [0.1, 0.15) is 89.9 Å². The molecule has 0 amide bonds. The third-order valence-corrected chi connectivity index (χ3v) is 4.43. The summed E-state index contributed by atoms with van der Waals surface area (Å²) < 4.78 is 0. The Morgan fingerprint density at radius 2 is 1.17 bits per heavy atom. The molecule has 0 fully saturated rings. The van der Waals surface area contributed by atoms with Crippen molar-refractivity contribution in [3.05, 3.63) is 0 Å². The van der Waals surface area contributed by atoms with Gasteiger partial charge in [-0.3, -0.25) is 9.59 Å². The number of carboxylic acid groups (broad SMARTS) is 1. The third kappa shape index (κ3) is 16.1. The number of carboxylic acids is 1. The Kier molecular flexibility index (Phi) is 15.9. The number of hydrogen-bond donors (Lipinski definition) is 3. The molecule has 23 heavy (non-hydrogen) atoms. The van der Waals surface area contributed by atoms with Crippen molar-refractivity contribution in [2.24, 2.45) is 5.73 Å². The summed E-state index contributed by atoms with van der Waals surface area (Å²) in [5.74, 6) is 0.171. The van der Waals surface area contributed by atoms with Gasteiger partial charge in [0.2, 0.25) is 0 Å². The average Bonchev–Trinajstić information content (AvgIpc) is 2.51. The number of aliphatic carboxylic acids is 1. The molecule has 1 unspecified atom stereocenters. The van der Waals surface area contributed by atoms with Crippen LogP contribution in [0.3, 0.4) is 0 Å². The molecule has 136 valence electrons. The van der Waals surface area contributed by atoms with Crippen molar-refractivity contribution in [3.8, 4) is 0 Å². The minimum Gasteiger partial charge on any atom is -0.481 e. The second kappa shape index (κ2) is 16.3. The highest BCUT2D eigenvalue weighted by molar-refractivity contribution is 7.80. The topological polar surface area (TPSA) is 80.4 Å². The molecule has 0 rings (SSSR count). The molecule has 4 nitrogen and oxygen atoms in total. The highest BCUT2D eigenvalue weighted by Crippen LogP contribution is 2.13. The summed E-state index contributed by atoms with van der Waals surface area (Å²) in [6, 6.07) is -0.317. The second-order valence-electron chi connectivity index (χ2n) is 6.37. The number of ketones is 1. The lowest BCUT2D eigenvalue weighted by atomic mass is 10.0. The first-order valence-electron chi connectivity index (χ1n) is 9.19. The van der Waals surface area contributed by atoms with Gasteiger partial charge in [0.1, 0.15) is 5.78 Å². The van der Waals surface area contributed by atoms with Crippen LogP contribution in [0.2, 0.25) is 0 Å². The molecule has 3 N–H and O–H groups in total. The number of nitrogens with two attached hydrogens (primary N) is 1. The largest absolute Gasteiger partial charge is 0.481 e.